The molecule has 1 aromatic rings. The van der Waals surface area contributed by atoms with Gasteiger partial charge in [0.2, 0.25) is 17.7 Å². The quantitative estimate of drug-likeness (QED) is 0.357. The third kappa shape index (κ3) is 10.6. The predicted molar refractivity (Wildman–Crippen MR) is 173 cm³/mol. The standard InChI is InChI=1S/C33H52FN7O5/c1-22(2)18-27-32(44)41-17-11-12-28(41)33(45)39(4)23(3)30(42)37-15-9-7-5-6-8-10-16-40(36)20-25(35)21-46-29-19-24(34)13-14-26(29)31(43)38-27/h13-14,19-20,22-23,27-28H,5-12,15-18,21,35-36H2,1-4H3,(H,37,42)(H,38,43)/b25-20-. The number of hydrogen-bond donors (Lipinski definition) is 4. The highest BCUT2D eigenvalue weighted by Gasteiger charge is 2.40. The summed E-state index contributed by atoms with van der Waals surface area (Å²) in [5.41, 5.74) is 6.45. The van der Waals surface area contributed by atoms with Gasteiger partial charge >= 0.3 is 0 Å². The molecule has 6 N–H and O–H groups in total. The molecule has 0 aromatic heterocycles. The number of amides is 4. The van der Waals surface area contributed by atoms with Crippen molar-refractivity contribution in [3.05, 3.63) is 41.5 Å². The van der Waals surface area contributed by atoms with Crippen molar-refractivity contribution in [2.45, 2.75) is 96.7 Å². The van der Waals surface area contributed by atoms with Crippen molar-refractivity contribution in [1.29, 1.82) is 0 Å². The van der Waals surface area contributed by atoms with Gasteiger partial charge in [0.05, 0.1) is 11.3 Å². The molecule has 3 rings (SSSR count). The summed E-state index contributed by atoms with van der Waals surface area (Å²) in [5.74, 6) is 3.91. The Hall–Kier alpha value is -3.87. The van der Waals surface area contributed by atoms with Crippen LogP contribution in [0, 0.1) is 11.7 Å². The number of benzene rings is 1. The van der Waals surface area contributed by atoms with Crippen LogP contribution in [-0.2, 0) is 14.4 Å². The average Bonchev–Trinajstić information content (AvgIpc) is 3.50. The Morgan fingerprint density at radius 1 is 1.00 bits per heavy atom. The molecule has 4 amide bonds. The lowest BCUT2D eigenvalue weighted by atomic mass is 10.0. The van der Waals surface area contributed by atoms with Gasteiger partial charge in [-0.2, -0.15) is 0 Å². The number of ether oxygens (including phenoxy) is 1. The van der Waals surface area contributed by atoms with Crippen LogP contribution in [0.15, 0.2) is 30.1 Å². The molecule has 12 nitrogen and oxygen atoms in total. The van der Waals surface area contributed by atoms with Gasteiger partial charge in [-0.3, -0.25) is 19.2 Å². The minimum Gasteiger partial charge on any atom is -0.486 e. The number of rotatable bonds is 2. The second kappa shape index (κ2) is 17.7. The van der Waals surface area contributed by atoms with Crippen LogP contribution in [0.1, 0.15) is 88.9 Å². The Bertz CT molecular complexity index is 1240. The first-order valence-electron chi connectivity index (χ1n) is 16.4. The minimum absolute atomic E-state index is 0.0299. The number of likely N-dealkylation sites (N-methyl/N-ethyl adjacent to an activating group) is 1. The van der Waals surface area contributed by atoms with Crippen LogP contribution in [0.25, 0.3) is 0 Å². The second-order valence-corrected chi connectivity index (χ2v) is 12.8. The molecule has 3 unspecified atom stereocenters. The molecule has 2 heterocycles. The summed E-state index contributed by atoms with van der Waals surface area (Å²) < 4.78 is 20.0. The summed E-state index contributed by atoms with van der Waals surface area (Å²) in [6.07, 6.45) is 8.62. The van der Waals surface area contributed by atoms with E-state index in [4.69, 9.17) is 16.3 Å². The summed E-state index contributed by atoms with van der Waals surface area (Å²) in [7, 11) is 1.58. The summed E-state index contributed by atoms with van der Waals surface area (Å²) in [5, 5.41) is 7.23. The van der Waals surface area contributed by atoms with Crippen LogP contribution in [0.3, 0.4) is 0 Å². The van der Waals surface area contributed by atoms with E-state index >= 15 is 0 Å². The number of nitrogens with two attached hydrogens (primary N) is 2. The molecule has 46 heavy (non-hydrogen) atoms. The first-order chi connectivity index (χ1) is 21.9. The summed E-state index contributed by atoms with van der Waals surface area (Å²) >= 11 is 0. The molecule has 3 atom stereocenters. The molecule has 1 fully saturated rings. The number of fused-ring (bicyclic) bond motifs is 2. The van der Waals surface area contributed by atoms with Gasteiger partial charge in [0, 0.05) is 38.9 Å². The maximum Gasteiger partial charge on any atom is 0.255 e. The zero-order chi connectivity index (χ0) is 33.8. The summed E-state index contributed by atoms with van der Waals surface area (Å²) in [4.78, 5) is 56.9. The summed E-state index contributed by atoms with van der Waals surface area (Å²) in [6.45, 7) is 6.85. The third-order valence-corrected chi connectivity index (χ3v) is 8.50. The Morgan fingerprint density at radius 3 is 2.41 bits per heavy atom. The molecule has 0 radical (unpaired) electrons. The van der Waals surface area contributed by atoms with Gasteiger partial charge in [-0.1, -0.05) is 39.5 Å². The number of nitrogens with one attached hydrogen (secondary N) is 2. The van der Waals surface area contributed by atoms with Gasteiger partial charge in [0.15, 0.2) is 0 Å². The molecule has 1 aromatic carbocycles. The van der Waals surface area contributed by atoms with Crippen molar-refractivity contribution in [2.75, 3.05) is 33.3 Å². The van der Waals surface area contributed by atoms with Crippen molar-refractivity contribution in [1.82, 2.24) is 25.4 Å². The van der Waals surface area contributed by atoms with E-state index in [9.17, 15) is 23.6 Å². The number of halogens is 1. The molecule has 2 aliphatic rings. The van der Waals surface area contributed by atoms with E-state index in [1.807, 2.05) is 13.8 Å². The molecular formula is C33H52FN7O5. The van der Waals surface area contributed by atoms with Crippen molar-refractivity contribution in [3.8, 4) is 5.75 Å². The fourth-order valence-electron chi connectivity index (χ4n) is 5.78. The van der Waals surface area contributed by atoms with Crippen LogP contribution in [0.4, 0.5) is 4.39 Å². The van der Waals surface area contributed by atoms with Crippen molar-refractivity contribution in [2.24, 2.45) is 17.5 Å². The second-order valence-electron chi connectivity index (χ2n) is 12.8. The monoisotopic (exact) mass is 645 g/mol. The van der Waals surface area contributed by atoms with Crippen LogP contribution >= 0.6 is 0 Å². The van der Waals surface area contributed by atoms with Crippen LogP contribution in [0.2, 0.25) is 0 Å². The van der Waals surface area contributed by atoms with Gasteiger partial charge in [0.1, 0.15) is 36.3 Å². The highest BCUT2D eigenvalue weighted by Crippen LogP contribution is 2.24. The predicted octanol–water partition coefficient (Wildman–Crippen LogP) is 2.63. The van der Waals surface area contributed by atoms with E-state index in [0.29, 0.717) is 44.6 Å². The van der Waals surface area contributed by atoms with Gasteiger partial charge in [0.25, 0.3) is 5.91 Å². The van der Waals surface area contributed by atoms with E-state index in [2.05, 4.69) is 10.6 Å². The molecule has 13 heteroatoms. The number of hydrazine groups is 1. The van der Waals surface area contributed by atoms with Crippen molar-refractivity contribution >= 4 is 23.6 Å². The minimum atomic E-state index is -0.945. The van der Waals surface area contributed by atoms with E-state index in [1.165, 1.54) is 20.9 Å². The van der Waals surface area contributed by atoms with Gasteiger partial charge in [-0.05, 0) is 57.1 Å². The third-order valence-electron chi connectivity index (χ3n) is 8.50. The fourth-order valence-corrected chi connectivity index (χ4v) is 5.78. The normalized spacial score (nSPS) is 25.2. The van der Waals surface area contributed by atoms with Gasteiger partial charge < -0.3 is 35.9 Å². The molecule has 0 spiro atoms. The average molecular weight is 646 g/mol. The van der Waals surface area contributed by atoms with E-state index in [0.717, 1.165) is 50.7 Å². The van der Waals surface area contributed by atoms with Gasteiger partial charge in [-0.15, -0.1) is 0 Å². The lowest BCUT2D eigenvalue weighted by molar-refractivity contribution is -0.147. The van der Waals surface area contributed by atoms with E-state index in [-0.39, 0.29) is 41.6 Å². The Balaban J connectivity index is 1.87. The van der Waals surface area contributed by atoms with E-state index < -0.39 is 29.8 Å². The number of carbonyl (C=O) groups is 4. The van der Waals surface area contributed by atoms with Crippen molar-refractivity contribution in [3.63, 3.8) is 0 Å². The number of hydrogen-bond acceptors (Lipinski definition) is 8. The Kier molecular flexibility index (Phi) is 14.1. The molecule has 1 saturated heterocycles. The van der Waals surface area contributed by atoms with E-state index in [1.54, 1.807) is 20.2 Å². The van der Waals surface area contributed by atoms with Crippen LogP contribution < -0.4 is 26.9 Å². The lowest BCUT2D eigenvalue weighted by Gasteiger charge is -2.33. The highest BCUT2D eigenvalue weighted by atomic mass is 19.1. The zero-order valence-electron chi connectivity index (χ0n) is 27.7. The zero-order valence-corrected chi connectivity index (χ0v) is 27.7. The fraction of sp³-hybridized carbons (Fsp3) is 0.636. The maximum absolute atomic E-state index is 14.2. The Labute approximate surface area is 272 Å². The topological polar surface area (TPSA) is 163 Å². The molecule has 0 aliphatic carbocycles. The molecule has 0 saturated carbocycles. The SMILES string of the molecule is CC(C)CC1NC(=O)c2ccc(F)cc2OC/C(N)=C/N(N)CCCCCCCCNC(=O)C(C)N(C)C(=O)C2CCCN2C1=O. The molecule has 0 bridgehead atoms. The molecular weight excluding hydrogens is 593 g/mol. The maximum atomic E-state index is 14.2. The van der Waals surface area contributed by atoms with Gasteiger partial charge in [-0.25, -0.2) is 10.2 Å². The first-order valence-corrected chi connectivity index (χ1v) is 16.4. The number of carbonyl (C=O) groups excluding carboxylic acids is 4. The summed E-state index contributed by atoms with van der Waals surface area (Å²) in [6, 6.07) is 1.12. The smallest absolute Gasteiger partial charge is 0.255 e. The molecule has 256 valence electrons. The highest BCUT2D eigenvalue weighted by molar-refractivity contribution is 6.00. The largest absolute Gasteiger partial charge is 0.486 e. The van der Waals surface area contributed by atoms with Crippen LogP contribution in [-0.4, -0.2) is 89.9 Å². The molecule has 2 aliphatic heterocycles. The van der Waals surface area contributed by atoms with Crippen LogP contribution in [0.5, 0.6) is 5.75 Å². The van der Waals surface area contributed by atoms with Crippen molar-refractivity contribution < 1.29 is 28.3 Å². The Morgan fingerprint density at radius 2 is 1.70 bits per heavy atom. The number of nitrogens with zero attached hydrogens (tertiary/aromatic N) is 3. The lowest BCUT2D eigenvalue weighted by Crippen LogP contribution is -2.56. The first kappa shape index (κ1) is 36.6.